The van der Waals surface area contributed by atoms with Crippen molar-refractivity contribution in [2.45, 2.75) is 63.8 Å². The number of hydrogen-bond donors (Lipinski definition) is 3. The van der Waals surface area contributed by atoms with Crippen molar-refractivity contribution in [3.05, 3.63) is 0 Å². The first-order chi connectivity index (χ1) is 10.1. The van der Waals surface area contributed by atoms with E-state index in [1.54, 1.807) is 0 Å². The highest BCUT2D eigenvalue weighted by Gasteiger charge is 2.27. The molecular formula is C16H29N3O2. The van der Waals surface area contributed by atoms with Gasteiger partial charge in [-0.25, -0.2) is 0 Å². The summed E-state index contributed by atoms with van der Waals surface area (Å²) in [7, 11) is 0. The lowest BCUT2D eigenvalue weighted by Crippen LogP contribution is -2.37. The summed E-state index contributed by atoms with van der Waals surface area (Å²) in [6.45, 7) is 1.04. The summed E-state index contributed by atoms with van der Waals surface area (Å²) in [6, 6.07) is 0.177. The molecule has 2 fully saturated rings. The Kier molecular flexibility index (Phi) is 6.49. The van der Waals surface area contributed by atoms with Gasteiger partial charge in [-0.05, 0) is 38.0 Å². The molecule has 0 aromatic carbocycles. The van der Waals surface area contributed by atoms with Crippen LogP contribution in [0.15, 0.2) is 0 Å². The molecule has 2 atom stereocenters. The lowest BCUT2D eigenvalue weighted by Gasteiger charge is -2.20. The van der Waals surface area contributed by atoms with E-state index in [4.69, 9.17) is 5.73 Å². The van der Waals surface area contributed by atoms with Crippen LogP contribution in [-0.2, 0) is 9.59 Å². The fourth-order valence-corrected chi connectivity index (χ4v) is 3.51. The molecule has 2 saturated carbocycles. The third-order valence-corrected chi connectivity index (χ3v) is 4.79. The normalized spacial score (nSPS) is 26.5. The van der Waals surface area contributed by atoms with E-state index in [2.05, 4.69) is 10.6 Å². The van der Waals surface area contributed by atoms with Gasteiger partial charge >= 0.3 is 0 Å². The molecule has 5 nitrogen and oxygen atoms in total. The number of hydrogen-bond acceptors (Lipinski definition) is 3. The van der Waals surface area contributed by atoms with Crippen LogP contribution in [0, 0.1) is 11.8 Å². The Morgan fingerprint density at radius 1 is 0.952 bits per heavy atom. The molecule has 0 bridgehead atoms. The highest BCUT2D eigenvalue weighted by molar-refractivity contribution is 5.79. The summed E-state index contributed by atoms with van der Waals surface area (Å²) >= 11 is 0. The molecule has 2 rings (SSSR count). The third kappa shape index (κ3) is 5.65. The number of nitrogens with two attached hydrogens (primary N) is 1. The molecule has 0 spiro atoms. The lowest BCUT2D eigenvalue weighted by atomic mass is 9.87. The molecule has 0 aliphatic heterocycles. The first-order valence-corrected chi connectivity index (χ1v) is 8.45. The summed E-state index contributed by atoms with van der Waals surface area (Å²) in [4.78, 5) is 23.7. The van der Waals surface area contributed by atoms with Crippen molar-refractivity contribution in [1.29, 1.82) is 0 Å². The molecule has 21 heavy (non-hydrogen) atoms. The van der Waals surface area contributed by atoms with Gasteiger partial charge in [0.25, 0.3) is 0 Å². The molecule has 0 aromatic heterocycles. The van der Waals surface area contributed by atoms with Crippen molar-refractivity contribution >= 4 is 11.8 Å². The van der Waals surface area contributed by atoms with Gasteiger partial charge in [0.1, 0.15) is 0 Å². The average molecular weight is 295 g/mol. The van der Waals surface area contributed by atoms with E-state index in [1.807, 2.05) is 0 Å². The molecule has 0 saturated heterocycles. The fourth-order valence-electron chi connectivity index (χ4n) is 3.51. The van der Waals surface area contributed by atoms with Gasteiger partial charge in [-0.2, -0.15) is 0 Å². The first kappa shape index (κ1) is 16.3. The Labute approximate surface area is 127 Å². The molecule has 4 N–H and O–H groups in total. The van der Waals surface area contributed by atoms with Gasteiger partial charge in [0.05, 0.1) is 0 Å². The van der Waals surface area contributed by atoms with Crippen molar-refractivity contribution < 1.29 is 9.59 Å². The van der Waals surface area contributed by atoms with Gasteiger partial charge in [-0.15, -0.1) is 0 Å². The van der Waals surface area contributed by atoms with E-state index >= 15 is 0 Å². The maximum atomic E-state index is 11.9. The standard InChI is InChI=1S/C16H29N3O2/c17-14-7-6-13(11-14)16(21)19-9-8-18-15(20)10-12-4-2-1-3-5-12/h12-14H,1-11,17H2,(H,18,20)(H,19,21). The number of nitrogens with one attached hydrogen (secondary N) is 2. The van der Waals surface area contributed by atoms with E-state index in [-0.39, 0.29) is 23.8 Å². The SMILES string of the molecule is NC1CCC(C(=O)NCCNC(=O)CC2CCCCC2)C1. The predicted octanol–water partition coefficient (Wildman–Crippen LogP) is 1.32. The predicted molar refractivity (Wildman–Crippen MR) is 82.5 cm³/mol. The Hall–Kier alpha value is -1.10. The Balaban J connectivity index is 1.52. The van der Waals surface area contributed by atoms with Gasteiger partial charge in [0.15, 0.2) is 0 Å². The Bertz CT molecular complexity index is 353. The summed E-state index contributed by atoms with van der Waals surface area (Å²) in [6.07, 6.45) is 9.48. The minimum absolute atomic E-state index is 0.0675. The van der Waals surface area contributed by atoms with E-state index in [0.717, 1.165) is 19.3 Å². The zero-order valence-electron chi connectivity index (χ0n) is 12.9. The van der Waals surface area contributed by atoms with Crippen LogP contribution in [0.25, 0.3) is 0 Å². The Morgan fingerprint density at radius 3 is 2.33 bits per heavy atom. The quantitative estimate of drug-likeness (QED) is 0.646. The maximum Gasteiger partial charge on any atom is 0.223 e. The highest BCUT2D eigenvalue weighted by Crippen LogP contribution is 2.26. The summed E-state index contributed by atoms with van der Waals surface area (Å²) in [5.41, 5.74) is 5.81. The molecule has 120 valence electrons. The highest BCUT2D eigenvalue weighted by atomic mass is 16.2. The third-order valence-electron chi connectivity index (χ3n) is 4.79. The van der Waals surface area contributed by atoms with Gasteiger partial charge in [0, 0.05) is 31.5 Å². The number of rotatable bonds is 6. The minimum atomic E-state index is 0.0675. The van der Waals surface area contributed by atoms with Crippen molar-refractivity contribution in [3.63, 3.8) is 0 Å². The number of carbonyl (C=O) groups is 2. The fraction of sp³-hybridized carbons (Fsp3) is 0.875. The van der Waals surface area contributed by atoms with Gasteiger partial charge in [-0.1, -0.05) is 19.3 Å². The smallest absolute Gasteiger partial charge is 0.223 e. The van der Waals surface area contributed by atoms with Crippen LogP contribution in [0.4, 0.5) is 0 Å². The Morgan fingerprint density at radius 2 is 1.67 bits per heavy atom. The van der Waals surface area contributed by atoms with E-state index in [1.165, 1.54) is 32.1 Å². The van der Waals surface area contributed by atoms with Crippen LogP contribution >= 0.6 is 0 Å². The largest absolute Gasteiger partial charge is 0.354 e. The molecule has 2 unspecified atom stereocenters. The summed E-state index contributed by atoms with van der Waals surface area (Å²) in [5, 5.41) is 5.80. The van der Waals surface area contributed by atoms with Crippen molar-refractivity contribution in [2.24, 2.45) is 17.6 Å². The molecule has 2 aliphatic carbocycles. The van der Waals surface area contributed by atoms with Gasteiger partial charge in [-0.3, -0.25) is 9.59 Å². The first-order valence-electron chi connectivity index (χ1n) is 8.45. The van der Waals surface area contributed by atoms with E-state index in [0.29, 0.717) is 25.4 Å². The van der Waals surface area contributed by atoms with Crippen molar-refractivity contribution in [1.82, 2.24) is 10.6 Å². The van der Waals surface area contributed by atoms with Gasteiger partial charge in [0.2, 0.25) is 11.8 Å². The van der Waals surface area contributed by atoms with Crippen LogP contribution < -0.4 is 16.4 Å². The molecule has 5 heteroatoms. The molecule has 2 aliphatic rings. The number of amides is 2. The van der Waals surface area contributed by atoms with E-state index in [9.17, 15) is 9.59 Å². The van der Waals surface area contributed by atoms with Crippen LogP contribution in [0.3, 0.4) is 0 Å². The van der Waals surface area contributed by atoms with E-state index < -0.39 is 0 Å². The maximum absolute atomic E-state index is 11.9. The van der Waals surface area contributed by atoms with Crippen LogP contribution in [-0.4, -0.2) is 30.9 Å². The molecule has 0 aromatic rings. The second-order valence-electron chi connectivity index (χ2n) is 6.62. The minimum Gasteiger partial charge on any atom is -0.354 e. The summed E-state index contributed by atoms with van der Waals surface area (Å²) < 4.78 is 0. The average Bonchev–Trinajstić information content (AvgIpc) is 2.91. The van der Waals surface area contributed by atoms with Crippen molar-refractivity contribution in [3.8, 4) is 0 Å². The zero-order chi connectivity index (χ0) is 15.1. The lowest BCUT2D eigenvalue weighted by molar-refractivity contribution is -0.125. The van der Waals surface area contributed by atoms with Crippen molar-refractivity contribution in [2.75, 3.05) is 13.1 Å². The molecule has 2 amide bonds. The second kappa shape index (κ2) is 8.37. The van der Waals surface area contributed by atoms with Crippen LogP contribution in [0.1, 0.15) is 57.8 Å². The second-order valence-corrected chi connectivity index (χ2v) is 6.62. The number of carbonyl (C=O) groups excluding carboxylic acids is 2. The molecule has 0 heterocycles. The monoisotopic (exact) mass is 295 g/mol. The van der Waals surface area contributed by atoms with Crippen LogP contribution in [0.2, 0.25) is 0 Å². The molecular weight excluding hydrogens is 266 g/mol. The van der Waals surface area contributed by atoms with Crippen LogP contribution in [0.5, 0.6) is 0 Å². The zero-order valence-corrected chi connectivity index (χ0v) is 12.9. The summed E-state index contributed by atoms with van der Waals surface area (Å²) in [5.74, 6) is 0.842. The molecule has 0 radical (unpaired) electrons. The van der Waals surface area contributed by atoms with Gasteiger partial charge < -0.3 is 16.4 Å². The topological polar surface area (TPSA) is 84.2 Å².